The van der Waals surface area contributed by atoms with E-state index in [0.717, 1.165) is 20.3 Å². The summed E-state index contributed by atoms with van der Waals surface area (Å²) in [5.41, 5.74) is 1.90. The minimum atomic E-state index is -4.02. The van der Waals surface area contributed by atoms with Crippen LogP contribution < -0.4 is 4.74 Å². The largest absolute Gasteiger partial charge is 0.497 e. The van der Waals surface area contributed by atoms with E-state index in [1.165, 1.54) is 19.2 Å². The van der Waals surface area contributed by atoms with Crippen molar-refractivity contribution in [3.8, 4) is 5.75 Å². The number of fused-ring (bicyclic) bond motifs is 1. The maximum absolute atomic E-state index is 13.6. The van der Waals surface area contributed by atoms with Gasteiger partial charge in [0.05, 0.1) is 12.0 Å². The Morgan fingerprint density at radius 1 is 1.13 bits per heavy atom. The number of carboxylic acids is 1. The average Bonchev–Trinajstić information content (AvgIpc) is 3.18. The lowest BCUT2D eigenvalue weighted by Crippen LogP contribution is -2.48. The first kappa shape index (κ1) is 21.5. The van der Waals surface area contributed by atoms with Crippen molar-refractivity contribution < 1.29 is 23.1 Å². The summed E-state index contributed by atoms with van der Waals surface area (Å²) < 4.78 is 33.4. The molecule has 1 aliphatic rings. The molecule has 1 aliphatic heterocycles. The third-order valence-corrected chi connectivity index (χ3v) is 8.54. The second kappa shape index (κ2) is 8.82. The van der Waals surface area contributed by atoms with Gasteiger partial charge in [-0.25, -0.2) is 8.42 Å². The van der Waals surface area contributed by atoms with Crippen LogP contribution in [-0.4, -0.2) is 43.5 Å². The zero-order chi connectivity index (χ0) is 22.0. The molecule has 6 nitrogen and oxygen atoms in total. The van der Waals surface area contributed by atoms with Crippen molar-refractivity contribution in [1.29, 1.82) is 0 Å². The Balaban J connectivity index is 1.79. The highest BCUT2D eigenvalue weighted by molar-refractivity contribution is 7.89. The number of hydrogen-bond donors (Lipinski definition) is 1. The molecule has 162 valence electrons. The van der Waals surface area contributed by atoms with Gasteiger partial charge in [0.2, 0.25) is 10.0 Å². The van der Waals surface area contributed by atoms with Gasteiger partial charge < -0.3 is 9.84 Å². The van der Waals surface area contributed by atoms with Gasteiger partial charge in [-0.3, -0.25) is 4.79 Å². The topological polar surface area (TPSA) is 83.9 Å². The lowest BCUT2D eigenvalue weighted by molar-refractivity contribution is -0.142. The highest BCUT2D eigenvalue weighted by Gasteiger charge is 2.44. The molecule has 8 heteroatoms. The Kier molecular flexibility index (Phi) is 6.13. The zero-order valence-electron chi connectivity index (χ0n) is 17.0. The summed E-state index contributed by atoms with van der Waals surface area (Å²) in [6.45, 7) is 0.115. The van der Waals surface area contributed by atoms with Crippen LogP contribution in [0.3, 0.4) is 0 Å². The van der Waals surface area contributed by atoms with Crippen LogP contribution in [0, 0.1) is 0 Å². The summed E-state index contributed by atoms with van der Waals surface area (Å²) >= 11 is 1.55. The number of sulfonamides is 1. The fraction of sp³-hybridized carbons (Fsp3) is 0.261. The summed E-state index contributed by atoms with van der Waals surface area (Å²) in [5, 5.41) is 12.2. The molecule has 0 saturated carbocycles. The number of carboxylic acid groups (broad SMARTS) is 1. The first-order chi connectivity index (χ1) is 14.9. The maximum atomic E-state index is 13.6. The fourth-order valence-electron chi connectivity index (χ4n) is 4.14. The van der Waals surface area contributed by atoms with E-state index >= 15 is 0 Å². The van der Waals surface area contributed by atoms with Crippen LogP contribution in [0.1, 0.15) is 21.9 Å². The van der Waals surface area contributed by atoms with Gasteiger partial charge in [0, 0.05) is 17.3 Å². The zero-order valence-corrected chi connectivity index (χ0v) is 18.6. The van der Waals surface area contributed by atoms with Crippen molar-refractivity contribution in [1.82, 2.24) is 4.31 Å². The molecule has 0 spiro atoms. The number of benzene rings is 2. The van der Waals surface area contributed by atoms with Gasteiger partial charge in [-0.15, -0.1) is 11.3 Å². The van der Waals surface area contributed by atoms with E-state index in [1.807, 2.05) is 41.8 Å². The number of methoxy groups -OCH3 is 1. The van der Waals surface area contributed by atoms with Gasteiger partial charge >= 0.3 is 5.97 Å². The number of carbonyl (C=O) groups is 1. The summed E-state index contributed by atoms with van der Waals surface area (Å²) in [7, 11) is -2.52. The van der Waals surface area contributed by atoms with E-state index in [9.17, 15) is 18.3 Å². The number of thiophene rings is 1. The van der Waals surface area contributed by atoms with Gasteiger partial charge in [0.25, 0.3) is 0 Å². The van der Waals surface area contributed by atoms with Crippen molar-refractivity contribution >= 4 is 27.3 Å². The summed E-state index contributed by atoms with van der Waals surface area (Å²) in [6, 6.07) is 16.4. The Bertz CT molecular complexity index is 1160. The van der Waals surface area contributed by atoms with Crippen LogP contribution in [0.25, 0.3) is 0 Å². The Labute approximate surface area is 185 Å². The lowest BCUT2D eigenvalue weighted by Gasteiger charge is -2.31. The molecule has 0 bridgehead atoms. The minimum Gasteiger partial charge on any atom is -0.497 e. The van der Waals surface area contributed by atoms with Crippen molar-refractivity contribution in [2.24, 2.45) is 0 Å². The molecule has 31 heavy (non-hydrogen) atoms. The molecule has 2 unspecified atom stereocenters. The molecule has 1 N–H and O–H groups in total. The van der Waals surface area contributed by atoms with Gasteiger partial charge in [0.1, 0.15) is 11.8 Å². The Hall–Kier alpha value is -2.68. The molecule has 0 radical (unpaired) electrons. The maximum Gasteiger partial charge on any atom is 0.322 e. The van der Waals surface area contributed by atoms with Crippen LogP contribution in [0.4, 0.5) is 0 Å². The minimum absolute atomic E-state index is 0.0586. The monoisotopic (exact) mass is 457 g/mol. The molecular formula is C23H23NO5S2. The fourth-order valence-corrected chi connectivity index (χ4v) is 6.71. The first-order valence-electron chi connectivity index (χ1n) is 9.90. The van der Waals surface area contributed by atoms with Gasteiger partial charge in [-0.1, -0.05) is 30.3 Å². The number of nitrogens with zero attached hydrogens (tertiary/aromatic N) is 1. The second-order valence-corrected chi connectivity index (χ2v) is 10.3. The third-order valence-electron chi connectivity index (χ3n) is 5.65. The predicted octanol–water partition coefficient (Wildman–Crippen LogP) is 3.78. The molecular weight excluding hydrogens is 434 g/mol. The average molecular weight is 458 g/mol. The van der Waals surface area contributed by atoms with E-state index in [-0.39, 0.29) is 11.4 Å². The first-order valence-corrected chi connectivity index (χ1v) is 12.2. The van der Waals surface area contributed by atoms with E-state index in [4.69, 9.17) is 4.74 Å². The van der Waals surface area contributed by atoms with Crippen molar-refractivity contribution in [2.45, 2.75) is 29.7 Å². The van der Waals surface area contributed by atoms with Gasteiger partial charge in [-0.05, 0) is 59.7 Å². The predicted molar refractivity (Wildman–Crippen MR) is 119 cm³/mol. The smallest absolute Gasteiger partial charge is 0.322 e. The highest BCUT2D eigenvalue weighted by Crippen LogP contribution is 2.38. The SMILES string of the molecule is COc1ccc(S(=O)(=O)N2CCc3sccc3C(Cc3ccccc3)C2C(=O)O)cc1. The van der Waals surface area contributed by atoms with Crippen LogP contribution in [0.5, 0.6) is 5.75 Å². The van der Waals surface area contributed by atoms with Gasteiger partial charge in [0.15, 0.2) is 0 Å². The van der Waals surface area contributed by atoms with Gasteiger partial charge in [-0.2, -0.15) is 4.31 Å². The molecule has 0 saturated heterocycles. The molecule has 3 aromatic rings. The van der Waals surface area contributed by atoms with Crippen LogP contribution >= 0.6 is 11.3 Å². The third kappa shape index (κ3) is 4.23. The van der Waals surface area contributed by atoms with Crippen LogP contribution in [-0.2, 0) is 27.7 Å². The molecule has 2 atom stereocenters. The number of hydrogen-bond acceptors (Lipinski definition) is 5. The Morgan fingerprint density at radius 2 is 1.84 bits per heavy atom. The summed E-state index contributed by atoms with van der Waals surface area (Å²) in [4.78, 5) is 13.6. The standard InChI is InChI=1S/C23H23NO5S2/c1-29-17-7-9-18(10-8-17)31(27,28)24-13-11-21-19(12-14-30-21)20(22(24)23(25)26)15-16-5-3-2-4-6-16/h2-10,12,14,20,22H,11,13,15H2,1H3,(H,25,26). The number of aliphatic carboxylic acids is 1. The highest BCUT2D eigenvalue weighted by atomic mass is 32.2. The molecule has 0 aliphatic carbocycles. The molecule has 0 amide bonds. The quantitative estimate of drug-likeness (QED) is 0.609. The lowest BCUT2D eigenvalue weighted by atomic mass is 9.86. The van der Waals surface area contributed by atoms with Crippen molar-refractivity contribution in [3.05, 3.63) is 82.0 Å². The van der Waals surface area contributed by atoms with Crippen LogP contribution in [0.15, 0.2) is 70.9 Å². The van der Waals surface area contributed by atoms with E-state index in [1.54, 1.807) is 23.5 Å². The molecule has 4 rings (SSSR count). The van der Waals surface area contributed by atoms with E-state index in [2.05, 4.69) is 0 Å². The van der Waals surface area contributed by atoms with E-state index < -0.39 is 28.0 Å². The Morgan fingerprint density at radius 3 is 2.48 bits per heavy atom. The number of rotatable bonds is 6. The number of ether oxygens (including phenoxy) is 1. The molecule has 0 fully saturated rings. The summed E-state index contributed by atoms with van der Waals surface area (Å²) in [5.74, 6) is -1.09. The van der Waals surface area contributed by atoms with Crippen molar-refractivity contribution in [2.75, 3.05) is 13.7 Å². The summed E-state index contributed by atoms with van der Waals surface area (Å²) in [6.07, 6.45) is 0.924. The molecule has 2 aromatic carbocycles. The molecule has 1 aromatic heterocycles. The van der Waals surface area contributed by atoms with Crippen LogP contribution in [0.2, 0.25) is 0 Å². The second-order valence-electron chi connectivity index (χ2n) is 7.42. The normalized spacial score (nSPS) is 19.4. The molecule has 2 heterocycles. The van der Waals surface area contributed by atoms with Crippen molar-refractivity contribution in [3.63, 3.8) is 0 Å². The van der Waals surface area contributed by atoms with E-state index in [0.29, 0.717) is 18.6 Å².